The Bertz CT molecular complexity index is 1090. The van der Waals surface area contributed by atoms with Gasteiger partial charge in [0.25, 0.3) is 5.56 Å². The summed E-state index contributed by atoms with van der Waals surface area (Å²) in [5.74, 6) is 0.461. The fourth-order valence-corrected chi connectivity index (χ4v) is 4.31. The van der Waals surface area contributed by atoms with Crippen molar-refractivity contribution >= 4 is 12.2 Å². The normalized spacial score (nSPS) is 19.9. The number of amides is 2. The molecule has 0 radical (unpaired) electrons. The molecule has 0 saturated carbocycles. The maximum Gasteiger partial charge on any atom is 0.411 e. The zero-order valence-electron chi connectivity index (χ0n) is 18.8. The highest BCUT2D eigenvalue weighted by Crippen LogP contribution is 2.44. The van der Waals surface area contributed by atoms with E-state index in [-0.39, 0.29) is 25.3 Å². The van der Waals surface area contributed by atoms with E-state index >= 15 is 0 Å². The Hall–Kier alpha value is -3.36. The minimum atomic E-state index is -0.932. The number of nitrogens with zero attached hydrogens (tertiary/aromatic N) is 3. The molecule has 3 heterocycles. The summed E-state index contributed by atoms with van der Waals surface area (Å²) < 4.78 is 11.1. The van der Waals surface area contributed by atoms with Gasteiger partial charge >= 0.3 is 12.2 Å². The molecule has 2 amide bonds. The van der Waals surface area contributed by atoms with Crippen LogP contribution in [-0.4, -0.2) is 50.6 Å². The molecule has 9 heteroatoms. The second-order valence-electron chi connectivity index (χ2n) is 9.29. The summed E-state index contributed by atoms with van der Waals surface area (Å²) >= 11 is 0. The fourth-order valence-electron chi connectivity index (χ4n) is 4.31. The fraction of sp³-hybridized carbons (Fsp3) is 0.478. The number of carbonyl (C=O) groups excluding carboxylic acids is 2. The third-order valence-electron chi connectivity index (χ3n) is 5.73. The van der Waals surface area contributed by atoms with Crippen molar-refractivity contribution in [2.45, 2.75) is 58.4 Å². The summed E-state index contributed by atoms with van der Waals surface area (Å²) in [6.45, 7) is 7.87. The monoisotopic (exact) mass is 440 g/mol. The molecule has 1 aromatic heterocycles. The summed E-state index contributed by atoms with van der Waals surface area (Å²) in [6, 6.07) is 9.38. The maximum atomic E-state index is 13.2. The number of nitrogens with one attached hydrogen (secondary N) is 1. The number of aromatic amines is 1. The molecule has 1 spiro atoms. The lowest BCUT2D eigenvalue weighted by molar-refractivity contribution is 0.0214. The van der Waals surface area contributed by atoms with Crippen molar-refractivity contribution in [3.63, 3.8) is 0 Å². The van der Waals surface area contributed by atoms with E-state index < -0.39 is 23.3 Å². The standard InChI is InChI=1S/C23H28N4O5/c1-15-24-18-17(19(28)25-15)12-27(21(30)31-13-16-8-6-5-7-9-16)23(18)10-11-26(14-23)20(29)32-22(2,3)4/h5-9H,10-14H2,1-4H3,(H,24,25,28). The molecule has 1 aromatic carbocycles. The van der Waals surface area contributed by atoms with Gasteiger partial charge in [0.15, 0.2) is 0 Å². The Morgan fingerprint density at radius 3 is 2.59 bits per heavy atom. The zero-order valence-corrected chi connectivity index (χ0v) is 18.8. The first-order chi connectivity index (χ1) is 15.1. The van der Waals surface area contributed by atoms with Gasteiger partial charge in [-0.2, -0.15) is 0 Å². The summed E-state index contributed by atoms with van der Waals surface area (Å²) in [4.78, 5) is 48.9. The minimum absolute atomic E-state index is 0.0771. The summed E-state index contributed by atoms with van der Waals surface area (Å²) in [7, 11) is 0. The molecule has 1 N–H and O–H groups in total. The van der Waals surface area contributed by atoms with Gasteiger partial charge in [-0.3, -0.25) is 9.69 Å². The molecular weight excluding hydrogens is 412 g/mol. The van der Waals surface area contributed by atoms with E-state index in [0.717, 1.165) is 5.56 Å². The molecule has 1 atom stereocenters. The second-order valence-corrected chi connectivity index (χ2v) is 9.29. The summed E-state index contributed by atoms with van der Waals surface area (Å²) in [5, 5.41) is 0. The number of H-pyrrole nitrogens is 1. The SMILES string of the molecule is Cc1nc2c(c(=O)[nH]1)CN(C(=O)OCc1ccccc1)C21CCN(C(=O)OC(C)(C)C)C1. The highest BCUT2D eigenvalue weighted by atomic mass is 16.6. The van der Waals surface area contributed by atoms with Gasteiger partial charge in [0.1, 0.15) is 23.6 Å². The highest BCUT2D eigenvalue weighted by molar-refractivity contribution is 5.73. The number of fused-ring (bicyclic) bond motifs is 2. The first-order valence-corrected chi connectivity index (χ1v) is 10.7. The summed E-state index contributed by atoms with van der Waals surface area (Å²) in [6.07, 6.45) is -0.563. The van der Waals surface area contributed by atoms with Gasteiger partial charge in [0.2, 0.25) is 0 Å². The molecule has 0 aliphatic carbocycles. The van der Waals surface area contributed by atoms with Crippen LogP contribution in [0.2, 0.25) is 0 Å². The Kier molecular flexibility index (Phi) is 5.44. The van der Waals surface area contributed by atoms with Gasteiger partial charge in [-0.25, -0.2) is 14.6 Å². The van der Waals surface area contributed by atoms with Crippen LogP contribution in [0.25, 0.3) is 0 Å². The second kappa shape index (κ2) is 7.96. The van der Waals surface area contributed by atoms with E-state index in [1.165, 1.54) is 4.90 Å². The molecule has 2 aliphatic heterocycles. The third kappa shape index (κ3) is 4.06. The molecule has 170 valence electrons. The average molecular weight is 441 g/mol. The highest BCUT2D eigenvalue weighted by Gasteiger charge is 2.55. The van der Waals surface area contributed by atoms with Gasteiger partial charge in [-0.1, -0.05) is 30.3 Å². The Morgan fingerprint density at radius 2 is 1.91 bits per heavy atom. The van der Waals surface area contributed by atoms with Crippen LogP contribution in [0.15, 0.2) is 35.1 Å². The van der Waals surface area contributed by atoms with Gasteiger partial charge in [0.05, 0.1) is 24.3 Å². The van der Waals surface area contributed by atoms with Crippen molar-refractivity contribution in [3.05, 3.63) is 63.3 Å². The first-order valence-electron chi connectivity index (χ1n) is 10.7. The smallest absolute Gasteiger partial charge is 0.411 e. The van der Waals surface area contributed by atoms with E-state index in [2.05, 4.69) is 9.97 Å². The quantitative estimate of drug-likeness (QED) is 0.770. The topological polar surface area (TPSA) is 105 Å². The van der Waals surface area contributed by atoms with Crippen LogP contribution in [0, 0.1) is 6.92 Å². The summed E-state index contributed by atoms with van der Waals surface area (Å²) in [5.41, 5.74) is -0.0272. The van der Waals surface area contributed by atoms with Crippen LogP contribution in [0.1, 0.15) is 49.8 Å². The van der Waals surface area contributed by atoms with Crippen LogP contribution >= 0.6 is 0 Å². The molecule has 2 aromatic rings. The van der Waals surface area contributed by atoms with Crippen LogP contribution < -0.4 is 5.56 Å². The van der Waals surface area contributed by atoms with Crippen molar-refractivity contribution in [2.24, 2.45) is 0 Å². The van der Waals surface area contributed by atoms with E-state index in [1.54, 1.807) is 32.6 Å². The van der Waals surface area contributed by atoms with Crippen molar-refractivity contribution in [1.29, 1.82) is 0 Å². The lowest BCUT2D eigenvalue weighted by atomic mass is 9.94. The molecule has 32 heavy (non-hydrogen) atoms. The number of hydrogen-bond donors (Lipinski definition) is 1. The van der Waals surface area contributed by atoms with Gasteiger partial charge in [-0.05, 0) is 39.7 Å². The third-order valence-corrected chi connectivity index (χ3v) is 5.73. The number of hydrogen-bond acceptors (Lipinski definition) is 6. The number of benzene rings is 1. The predicted octanol–water partition coefficient (Wildman–Crippen LogP) is 3.07. The van der Waals surface area contributed by atoms with Crippen molar-refractivity contribution in [3.8, 4) is 0 Å². The molecule has 9 nitrogen and oxygen atoms in total. The van der Waals surface area contributed by atoms with Crippen molar-refractivity contribution < 1.29 is 19.1 Å². The predicted molar refractivity (Wildman–Crippen MR) is 116 cm³/mol. The lowest BCUT2D eigenvalue weighted by Crippen LogP contribution is -2.48. The first kappa shape index (κ1) is 21.9. The molecule has 2 aliphatic rings. The van der Waals surface area contributed by atoms with Gasteiger partial charge in [0, 0.05) is 6.54 Å². The van der Waals surface area contributed by atoms with Gasteiger partial charge in [-0.15, -0.1) is 0 Å². The van der Waals surface area contributed by atoms with Crippen LogP contribution in [0.4, 0.5) is 9.59 Å². The van der Waals surface area contributed by atoms with E-state index in [0.29, 0.717) is 30.0 Å². The molecule has 4 rings (SSSR count). The van der Waals surface area contributed by atoms with E-state index in [4.69, 9.17) is 9.47 Å². The van der Waals surface area contributed by atoms with Crippen molar-refractivity contribution in [1.82, 2.24) is 19.8 Å². The molecular formula is C23H28N4O5. The average Bonchev–Trinajstić information content (AvgIpc) is 3.29. The van der Waals surface area contributed by atoms with Crippen LogP contribution in [-0.2, 0) is 28.2 Å². The minimum Gasteiger partial charge on any atom is -0.445 e. The van der Waals surface area contributed by atoms with Crippen LogP contribution in [0.3, 0.4) is 0 Å². The van der Waals surface area contributed by atoms with Crippen LogP contribution in [0.5, 0.6) is 0 Å². The van der Waals surface area contributed by atoms with Gasteiger partial charge < -0.3 is 19.4 Å². The molecule has 0 bridgehead atoms. The molecule has 1 unspecified atom stereocenters. The Morgan fingerprint density at radius 1 is 1.19 bits per heavy atom. The number of ether oxygens (including phenoxy) is 2. The Labute approximate surface area is 186 Å². The number of carbonyl (C=O) groups is 2. The number of likely N-dealkylation sites (tertiary alicyclic amines) is 1. The van der Waals surface area contributed by atoms with E-state index in [9.17, 15) is 14.4 Å². The Balaban J connectivity index is 1.63. The number of aromatic nitrogens is 2. The largest absolute Gasteiger partial charge is 0.445 e. The van der Waals surface area contributed by atoms with E-state index in [1.807, 2.05) is 30.3 Å². The molecule has 1 fully saturated rings. The van der Waals surface area contributed by atoms with Crippen molar-refractivity contribution in [2.75, 3.05) is 13.1 Å². The maximum absolute atomic E-state index is 13.2. The number of rotatable bonds is 2. The molecule has 1 saturated heterocycles. The zero-order chi connectivity index (χ0) is 23.1. The number of aryl methyl sites for hydroxylation is 1. The lowest BCUT2D eigenvalue weighted by Gasteiger charge is -2.34.